The first-order valence-corrected chi connectivity index (χ1v) is 15.3. The van der Waals surface area contributed by atoms with Crippen LogP contribution in [0.3, 0.4) is 0 Å². The molecule has 1 aliphatic rings. The standard InChI is InChI=1S/C24H35N3O4SSi/c1-16(2)33(17(3)4,18(5)6)14-8-13-27-21-10-9-19(15-20(21)22(28)25-23(27)29)32(30,31)26-24(7)11-12-24/h9-10,15-18,26H,11-13H2,1-7H3,(H,25,28,29). The van der Waals surface area contributed by atoms with Crippen molar-refractivity contribution in [2.45, 2.75) is 94.9 Å². The molecule has 3 rings (SSSR count). The van der Waals surface area contributed by atoms with Gasteiger partial charge in [-0.25, -0.2) is 17.9 Å². The van der Waals surface area contributed by atoms with Crippen LogP contribution in [0.15, 0.2) is 32.7 Å². The van der Waals surface area contributed by atoms with Gasteiger partial charge in [0.25, 0.3) is 5.56 Å². The second-order valence-corrected chi connectivity index (χ2v) is 17.7. The molecular weight excluding hydrogens is 454 g/mol. The largest absolute Gasteiger partial charge is 0.329 e. The van der Waals surface area contributed by atoms with Crippen LogP contribution in [0.25, 0.3) is 10.9 Å². The zero-order chi connectivity index (χ0) is 24.8. The molecule has 0 spiro atoms. The molecule has 33 heavy (non-hydrogen) atoms. The minimum atomic E-state index is -3.76. The molecule has 2 aromatic rings. The average Bonchev–Trinajstić information content (AvgIpc) is 3.41. The lowest BCUT2D eigenvalue weighted by Gasteiger charge is -2.38. The molecule has 0 aliphatic heterocycles. The quantitative estimate of drug-likeness (QED) is 0.457. The van der Waals surface area contributed by atoms with E-state index in [1.165, 1.54) is 22.8 Å². The molecular formula is C24H35N3O4SSi. The van der Waals surface area contributed by atoms with E-state index in [9.17, 15) is 18.0 Å². The van der Waals surface area contributed by atoms with Crippen LogP contribution in [-0.2, 0) is 16.6 Å². The van der Waals surface area contributed by atoms with E-state index in [1.54, 1.807) is 0 Å². The second-order valence-electron chi connectivity index (χ2n) is 10.4. The fourth-order valence-corrected chi connectivity index (χ4v) is 11.7. The molecule has 9 heteroatoms. The molecule has 0 saturated heterocycles. The number of benzene rings is 1. The highest BCUT2D eigenvalue weighted by Crippen LogP contribution is 2.40. The molecule has 0 unspecified atom stereocenters. The zero-order valence-corrected chi connectivity index (χ0v) is 22.4. The summed E-state index contributed by atoms with van der Waals surface area (Å²) in [5.74, 6) is 3.25. The summed E-state index contributed by atoms with van der Waals surface area (Å²) in [7, 11) is -5.73. The van der Waals surface area contributed by atoms with Crippen molar-refractivity contribution in [2.75, 3.05) is 0 Å². The van der Waals surface area contributed by atoms with Crippen molar-refractivity contribution in [1.29, 1.82) is 0 Å². The summed E-state index contributed by atoms with van der Waals surface area (Å²) in [6.07, 6.45) is 1.57. The van der Waals surface area contributed by atoms with Crippen LogP contribution in [0.5, 0.6) is 0 Å². The first-order valence-electron chi connectivity index (χ1n) is 11.5. The Morgan fingerprint density at radius 3 is 2.18 bits per heavy atom. The van der Waals surface area contributed by atoms with Gasteiger partial charge < -0.3 is 0 Å². The molecule has 0 radical (unpaired) electrons. The van der Waals surface area contributed by atoms with Gasteiger partial charge in [-0.15, -0.1) is 5.54 Å². The lowest BCUT2D eigenvalue weighted by molar-refractivity contribution is 0.558. The predicted octanol–water partition coefficient (Wildman–Crippen LogP) is 3.74. The Labute approximate surface area is 197 Å². The molecule has 0 bridgehead atoms. The van der Waals surface area contributed by atoms with Gasteiger partial charge in [0.05, 0.1) is 22.3 Å². The van der Waals surface area contributed by atoms with Crippen molar-refractivity contribution in [3.05, 3.63) is 39.0 Å². The number of aromatic nitrogens is 2. The Morgan fingerprint density at radius 1 is 1.09 bits per heavy atom. The Kier molecular flexibility index (Phi) is 6.86. The van der Waals surface area contributed by atoms with Crippen molar-refractivity contribution >= 4 is 29.0 Å². The summed E-state index contributed by atoms with van der Waals surface area (Å²) in [6.45, 7) is 15.3. The van der Waals surface area contributed by atoms with E-state index < -0.39 is 34.9 Å². The molecule has 1 saturated carbocycles. The molecule has 2 N–H and O–H groups in total. The lowest BCUT2D eigenvalue weighted by atomic mass is 10.2. The molecule has 7 nitrogen and oxygen atoms in total. The van der Waals surface area contributed by atoms with Gasteiger partial charge in [0.2, 0.25) is 10.0 Å². The molecule has 1 heterocycles. The van der Waals surface area contributed by atoms with Gasteiger partial charge in [0.15, 0.2) is 0 Å². The average molecular weight is 490 g/mol. The maximum Gasteiger partial charge on any atom is 0.329 e. The van der Waals surface area contributed by atoms with Gasteiger partial charge in [-0.1, -0.05) is 47.5 Å². The molecule has 0 atom stereocenters. The van der Waals surface area contributed by atoms with E-state index in [-0.39, 0.29) is 16.8 Å². The van der Waals surface area contributed by atoms with Crippen molar-refractivity contribution < 1.29 is 8.42 Å². The summed E-state index contributed by atoms with van der Waals surface area (Å²) in [6, 6.07) is 4.30. The van der Waals surface area contributed by atoms with E-state index in [0.717, 1.165) is 12.8 Å². The van der Waals surface area contributed by atoms with Crippen LogP contribution in [0.4, 0.5) is 0 Å². The van der Waals surface area contributed by atoms with Gasteiger partial charge in [-0.3, -0.25) is 14.3 Å². The van der Waals surface area contributed by atoms with Gasteiger partial charge in [0, 0.05) is 5.54 Å². The number of fused-ring (bicyclic) bond motifs is 1. The normalized spacial score (nSPS) is 15.8. The minimum absolute atomic E-state index is 0.00996. The third kappa shape index (κ3) is 4.88. The van der Waals surface area contributed by atoms with Gasteiger partial charge in [0.1, 0.15) is 8.07 Å². The summed E-state index contributed by atoms with van der Waals surface area (Å²) >= 11 is 0. The minimum Gasteiger partial charge on any atom is -0.282 e. The van der Waals surface area contributed by atoms with E-state index >= 15 is 0 Å². The van der Waals surface area contributed by atoms with Crippen LogP contribution in [-0.4, -0.2) is 31.6 Å². The van der Waals surface area contributed by atoms with E-state index in [1.807, 2.05) is 6.92 Å². The first kappa shape index (κ1) is 25.5. The number of hydrogen-bond donors (Lipinski definition) is 2. The second kappa shape index (κ2) is 8.89. The number of hydrogen-bond acceptors (Lipinski definition) is 4. The fourth-order valence-electron chi connectivity index (χ4n) is 4.98. The first-order chi connectivity index (χ1) is 15.2. The Bertz CT molecular complexity index is 1320. The Balaban J connectivity index is 2.06. The van der Waals surface area contributed by atoms with Crippen molar-refractivity contribution in [3.8, 4) is 11.5 Å². The van der Waals surface area contributed by atoms with Crippen LogP contribution < -0.4 is 16.0 Å². The Morgan fingerprint density at radius 2 is 1.67 bits per heavy atom. The highest BCUT2D eigenvalue weighted by atomic mass is 32.2. The molecule has 1 aliphatic carbocycles. The number of H-pyrrole nitrogens is 1. The van der Waals surface area contributed by atoms with Gasteiger partial charge in [-0.2, -0.15) is 0 Å². The van der Waals surface area contributed by atoms with E-state index in [4.69, 9.17) is 0 Å². The lowest BCUT2D eigenvalue weighted by Crippen LogP contribution is -2.43. The summed E-state index contributed by atoms with van der Waals surface area (Å²) in [4.78, 5) is 27.5. The number of rotatable bonds is 7. The monoisotopic (exact) mass is 489 g/mol. The van der Waals surface area contributed by atoms with Crippen molar-refractivity contribution in [1.82, 2.24) is 14.3 Å². The number of nitrogens with one attached hydrogen (secondary N) is 2. The van der Waals surface area contributed by atoms with Gasteiger partial charge >= 0.3 is 5.69 Å². The van der Waals surface area contributed by atoms with Crippen LogP contribution >= 0.6 is 0 Å². The summed E-state index contributed by atoms with van der Waals surface area (Å²) < 4.78 is 29.6. The molecule has 1 aromatic carbocycles. The topological polar surface area (TPSA) is 101 Å². The molecule has 1 aromatic heterocycles. The van der Waals surface area contributed by atoms with Crippen molar-refractivity contribution in [2.24, 2.45) is 0 Å². The number of nitrogens with zero attached hydrogens (tertiary/aromatic N) is 1. The van der Waals surface area contributed by atoms with E-state index in [2.05, 4.69) is 62.7 Å². The highest BCUT2D eigenvalue weighted by Gasteiger charge is 2.42. The Hall–Kier alpha value is -2.15. The number of sulfonamides is 1. The van der Waals surface area contributed by atoms with Crippen LogP contribution in [0.1, 0.15) is 61.3 Å². The highest BCUT2D eigenvalue weighted by molar-refractivity contribution is 7.89. The molecule has 180 valence electrons. The predicted molar refractivity (Wildman–Crippen MR) is 136 cm³/mol. The maximum absolute atomic E-state index is 12.8. The SMILES string of the molecule is CC(C)[Si](C#CCn1c(=O)[nH]c(=O)c2cc(S(=O)(=O)NC3(C)CC3)ccc21)(C(C)C)C(C)C. The van der Waals surface area contributed by atoms with Crippen LogP contribution in [0.2, 0.25) is 16.6 Å². The maximum atomic E-state index is 12.8. The third-order valence-electron chi connectivity index (χ3n) is 7.07. The zero-order valence-electron chi connectivity index (χ0n) is 20.6. The molecule has 0 amide bonds. The van der Waals surface area contributed by atoms with Gasteiger partial charge in [-0.05, 0) is 54.6 Å². The van der Waals surface area contributed by atoms with Crippen molar-refractivity contribution in [3.63, 3.8) is 0 Å². The smallest absolute Gasteiger partial charge is 0.282 e. The summed E-state index contributed by atoms with van der Waals surface area (Å²) in [5, 5.41) is 0.153. The fraction of sp³-hybridized carbons (Fsp3) is 0.583. The number of aromatic amines is 1. The molecule has 1 fully saturated rings. The third-order valence-corrected chi connectivity index (χ3v) is 15.0. The summed E-state index contributed by atoms with van der Waals surface area (Å²) in [5.41, 5.74) is 3.77. The van der Waals surface area contributed by atoms with Crippen LogP contribution in [0, 0.1) is 11.5 Å². The van der Waals surface area contributed by atoms with E-state index in [0.29, 0.717) is 22.1 Å².